The molecule has 0 radical (unpaired) electrons. The van der Waals surface area contributed by atoms with Crippen molar-refractivity contribution in [2.75, 3.05) is 6.50 Å². The molecule has 1 rings (SSSR count). The second kappa shape index (κ2) is 5.49. The van der Waals surface area contributed by atoms with Crippen LogP contribution in [0.3, 0.4) is 0 Å². The molecule has 0 aliphatic carbocycles. The zero-order valence-electron chi connectivity index (χ0n) is 29.2. The van der Waals surface area contributed by atoms with Crippen LogP contribution in [0.25, 0.3) is 0 Å². The number of β-amino-alcohol motifs (C(OH)–C–C–N with tert-alkyl or cyclic N) is 1. The lowest BCUT2D eigenvalue weighted by atomic mass is 10.0. The van der Waals surface area contributed by atoms with Gasteiger partial charge in [-0.05, 0) is 38.2 Å². The molecule has 0 fully saturated rings. The van der Waals surface area contributed by atoms with E-state index in [0.29, 0.717) is 0 Å². The highest BCUT2D eigenvalue weighted by atomic mass is 16.3. The van der Waals surface area contributed by atoms with Gasteiger partial charge in [-0.15, -0.1) is 0 Å². The van der Waals surface area contributed by atoms with E-state index in [1.54, 1.807) is 0 Å². The summed E-state index contributed by atoms with van der Waals surface area (Å²) in [7, 11) is 0. The van der Waals surface area contributed by atoms with Gasteiger partial charge in [-0.25, -0.2) is 0 Å². The van der Waals surface area contributed by atoms with E-state index < -0.39 is 85.5 Å². The van der Waals surface area contributed by atoms with Crippen LogP contribution in [0.15, 0.2) is 18.1 Å². The molecule has 0 heterocycles. The lowest BCUT2D eigenvalue weighted by Gasteiger charge is -2.23. The third-order valence-electron chi connectivity index (χ3n) is 1.43. The molecule has 1 aromatic rings. The Morgan fingerprint density at radius 1 is 1.71 bits per heavy atom. The number of phenols is 1. The predicted octanol–water partition coefficient (Wildman–Crippen LogP) is 1.31. The first-order chi connectivity index (χ1) is 16.7. The summed E-state index contributed by atoms with van der Waals surface area (Å²) in [5, 5.41) is 10.8. The Morgan fingerprint density at radius 2 is 2.59 bits per heavy atom. The normalized spacial score (nSPS) is 37.4. The van der Waals surface area contributed by atoms with Gasteiger partial charge in [0, 0.05) is 32.7 Å². The zero-order chi connectivity index (χ0) is 30.7. The smallest absolute Gasteiger partial charge is 0.293 e. The average Bonchev–Trinajstić information content (AvgIpc) is 2.72. The van der Waals surface area contributed by atoms with Crippen molar-refractivity contribution < 1.29 is 40.0 Å². The number of benzene rings is 1. The fourth-order valence-electron chi connectivity index (χ4n) is 0.771. The Morgan fingerprint density at radius 3 is 3.24 bits per heavy atom. The average molecular weight is 260 g/mol. The summed E-state index contributed by atoms with van der Waals surface area (Å²) < 4.78 is 163. The van der Waals surface area contributed by atoms with Crippen LogP contribution >= 0.6 is 0 Å². The number of hydrogen-bond acceptors (Lipinski definition) is 4. The Kier molecular flexibility index (Phi) is 0.837. The molecule has 0 aliphatic rings. The standard InChI is InChI=1S/C13H21NO3/c1-13(2,3)14-7-12(17)9-4-5-11(16)10(6-9)8-15/h4-6,12,14-17H,7-8H2,1-3H3/t12-/m1/s1/i1D3,2D3,3D3,4D,5D,6D,7D2,8D2,12D,15D,17D/hD2. The molecule has 0 aliphatic heterocycles. The molecule has 96 valence electrons. The first-order valence-corrected chi connectivity index (χ1v) is 4.06. The molecule has 4 heteroatoms. The highest BCUT2D eigenvalue weighted by Gasteiger charge is 2.14. The number of nitrogens with one attached hydrogen (secondary N) is 1. The van der Waals surface area contributed by atoms with E-state index in [2.05, 4.69) is 15.3 Å². The lowest BCUT2D eigenvalue weighted by molar-refractivity contribution is 0.163. The molecule has 0 unspecified atom stereocenters. The van der Waals surface area contributed by atoms with E-state index >= 15 is 0 Å². The Labute approximate surface area is 132 Å². The Hall–Kier alpha value is -1.10. The summed E-state index contributed by atoms with van der Waals surface area (Å²) in [5.74, 6) is -1.22. The highest BCUT2D eigenvalue weighted by Crippen LogP contribution is 2.22. The van der Waals surface area contributed by atoms with Crippen LogP contribution < -0.4 is 5.31 Å². The summed E-state index contributed by atoms with van der Waals surface area (Å²) >= 11 is 0. The van der Waals surface area contributed by atoms with Crippen molar-refractivity contribution in [1.29, 1.82) is 4.29 Å². The summed E-state index contributed by atoms with van der Waals surface area (Å²) in [5.41, 5.74) is -7.40. The predicted molar refractivity (Wildman–Crippen MR) is 66.7 cm³/mol. The van der Waals surface area contributed by atoms with Crippen LogP contribution in [0.1, 0.15) is 61.1 Å². The fourth-order valence-corrected chi connectivity index (χ4v) is 0.771. The number of hydrogen-bond donors (Lipinski definition) is 4. The largest absolute Gasteiger partial charge is 0.508 e. The van der Waals surface area contributed by atoms with Crippen molar-refractivity contribution in [3.05, 3.63) is 29.3 Å². The molecule has 0 saturated heterocycles. The van der Waals surface area contributed by atoms with E-state index in [1.807, 2.05) is 0 Å². The van der Waals surface area contributed by atoms with E-state index in [1.165, 1.54) is 0 Å². The van der Waals surface area contributed by atoms with Crippen molar-refractivity contribution in [3.63, 3.8) is 0 Å². The molecule has 0 spiro atoms. The van der Waals surface area contributed by atoms with Gasteiger partial charge < -0.3 is 20.6 Å². The summed E-state index contributed by atoms with van der Waals surface area (Å²) in [6.07, 6.45) is -4.13. The van der Waals surface area contributed by atoms with E-state index in [9.17, 15) is 0 Å². The number of rotatable bonds is 7. The van der Waals surface area contributed by atoms with Crippen molar-refractivity contribution in [1.82, 2.24) is 5.31 Å². The number of aliphatic hydroxyl groups is 2. The maximum absolute atomic E-state index is 8.48. The van der Waals surface area contributed by atoms with Crippen molar-refractivity contribution in [2.45, 2.75) is 38.7 Å². The molecule has 4 N–H and O–H groups in total. The van der Waals surface area contributed by atoms with Gasteiger partial charge in [-0.3, -0.25) is 0 Å². The third kappa shape index (κ3) is 4.34. The molecule has 4 nitrogen and oxygen atoms in total. The van der Waals surface area contributed by atoms with Crippen LogP contribution in [0.2, 0.25) is 1.41 Å². The van der Waals surface area contributed by atoms with Crippen LogP contribution in [-0.4, -0.2) is 31.7 Å². The summed E-state index contributed by atoms with van der Waals surface area (Å²) in [6, 6.07) is -4.38. The summed E-state index contributed by atoms with van der Waals surface area (Å²) in [4.78, 5) is 0. The second-order valence-electron chi connectivity index (χ2n) is 2.82. The molecular formula is C13H21NO3. The van der Waals surface area contributed by atoms with Gasteiger partial charge in [-0.1, -0.05) is 6.04 Å². The van der Waals surface area contributed by atoms with Gasteiger partial charge >= 0.3 is 0 Å². The molecular weight excluding hydrogens is 218 g/mol. The molecule has 1 atom stereocenters. The maximum Gasteiger partial charge on any atom is 0.293 e. The van der Waals surface area contributed by atoms with Gasteiger partial charge in [-0.2, -0.15) is 0 Å². The van der Waals surface area contributed by atoms with Crippen molar-refractivity contribution in [3.8, 4) is 5.75 Å². The van der Waals surface area contributed by atoms with E-state index in [4.69, 9.17) is 29.0 Å². The van der Waals surface area contributed by atoms with Gasteiger partial charge in [0.25, 0.3) is 1.43 Å². The SMILES string of the molecule is [2H]Oc1c([2H])c([2H])c([C@]([2H])(O[2H])C([2H])([2H])N([2H])C(C([2H])([2H])[2H])(C([2H])([2H])[2H])C([2H])([2H])[2H])c([2H])c1C([2H])([2H])O[2H]. The van der Waals surface area contributed by atoms with Gasteiger partial charge in [0.15, 0.2) is 0 Å². The maximum atomic E-state index is 8.48. The monoisotopic (exact) mass is 260 g/mol. The first-order valence-electron chi connectivity index (χ1n) is 14.2. The van der Waals surface area contributed by atoms with E-state index in [-0.39, 0.29) is 0 Å². The number of aromatic hydroxyl groups is 1. The van der Waals surface area contributed by atoms with Gasteiger partial charge in [0.2, 0.25) is 2.86 Å². The van der Waals surface area contributed by atoms with Crippen molar-refractivity contribution in [2.24, 2.45) is 0 Å². The molecule has 1 aromatic carbocycles. The second-order valence-corrected chi connectivity index (χ2v) is 2.82. The molecule has 0 bridgehead atoms. The van der Waals surface area contributed by atoms with Crippen LogP contribution in [0, 0.1) is 0 Å². The molecule has 0 aromatic heterocycles. The molecule has 0 saturated carbocycles. The summed E-state index contributed by atoms with van der Waals surface area (Å²) in [6.45, 7) is -20.5. The zero-order valence-corrected chi connectivity index (χ0v) is 8.17. The van der Waals surface area contributed by atoms with E-state index in [0.717, 1.165) is 0 Å². The van der Waals surface area contributed by atoms with Crippen LogP contribution in [0.4, 0.5) is 0 Å². The minimum atomic E-state index is -4.42. The van der Waals surface area contributed by atoms with Gasteiger partial charge in [0.1, 0.15) is 7.16 Å². The highest BCUT2D eigenvalue weighted by molar-refractivity contribution is 5.36. The quantitative estimate of drug-likeness (QED) is 0.596. The minimum absolute atomic E-state index is 1.15. The molecule has 17 heavy (non-hydrogen) atoms. The molecule has 0 amide bonds. The third-order valence-corrected chi connectivity index (χ3v) is 1.43. The minimum Gasteiger partial charge on any atom is -0.508 e. The van der Waals surface area contributed by atoms with Crippen LogP contribution in [0.5, 0.6) is 5.75 Å². The Bertz CT molecular complexity index is 995. The fraction of sp³-hybridized carbons (Fsp3) is 0.538. The van der Waals surface area contributed by atoms with Crippen molar-refractivity contribution >= 4 is 0 Å². The lowest BCUT2D eigenvalue weighted by Crippen LogP contribution is -2.38. The topological polar surface area (TPSA) is 72.7 Å². The first kappa shape index (κ1) is 2.59. The van der Waals surface area contributed by atoms with Crippen LogP contribution in [-0.2, 0) is 6.56 Å². The van der Waals surface area contributed by atoms with Gasteiger partial charge in [0.05, 0.1) is 20.9 Å². The Balaban J connectivity index is 4.36.